The van der Waals surface area contributed by atoms with Gasteiger partial charge < -0.3 is 13.9 Å². The molecule has 0 saturated carbocycles. The van der Waals surface area contributed by atoms with Gasteiger partial charge in [-0.1, -0.05) is 6.07 Å². The molecular formula is C16H26F2O3Si. The summed E-state index contributed by atoms with van der Waals surface area (Å²) in [6.45, 7) is 7.70. The van der Waals surface area contributed by atoms with Crippen molar-refractivity contribution in [3.8, 4) is 0 Å². The largest absolute Gasteiger partial charge is 0.380 e. The van der Waals surface area contributed by atoms with Crippen LogP contribution in [0.25, 0.3) is 0 Å². The number of hydrogen-bond donors (Lipinski definition) is 0. The molecule has 0 aliphatic heterocycles. The van der Waals surface area contributed by atoms with Gasteiger partial charge in [-0.2, -0.15) is 0 Å². The second kappa shape index (κ2) is 8.72. The van der Waals surface area contributed by atoms with Crippen molar-refractivity contribution < 1.29 is 22.7 Å². The van der Waals surface area contributed by atoms with Crippen molar-refractivity contribution in [2.75, 3.05) is 0 Å². The Morgan fingerprint density at radius 1 is 1.05 bits per heavy atom. The molecule has 1 rings (SSSR count). The predicted molar refractivity (Wildman–Crippen MR) is 85.5 cm³/mol. The predicted octanol–water partition coefficient (Wildman–Crippen LogP) is 3.09. The Hall–Kier alpha value is -0.823. The monoisotopic (exact) mass is 332 g/mol. The van der Waals surface area contributed by atoms with E-state index in [0.717, 1.165) is 11.6 Å². The Morgan fingerprint density at radius 3 is 2.09 bits per heavy atom. The van der Waals surface area contributed by atoms with Crippen molar-refractivity contribution >= 4 is 10.5 Å². The van der Waals surface area contributed by atoms with Gasteiger partial charge in [0, 0.05) is 6.42 Å². The van der Waals surface area contributed by atoms with E-state index in [1.807, 2.05) is 27.7 Å². The highest BCUT2D eigenvalue weighted by molar-refractivity contribution is 5.98. The van der Waals surface area contributed by atoms with Gasteiger partial charge in [-0.05, 0) is 58.2 Å². The first-order valence-corrected chi connectivity index (χ1v) is 8.44. The quantitative estimate of drug-likeness (QED) is 0.514. The van der Waals surface area contributed by atoms with Crippen LogP contribution in [0.1, 0.15) is 46.1 Å². The lowest BCUT2D eigenvalue weighted by molar-refractivity contribution is -0.369. The fraction of sp³-hybridized carbons (Fsp3) is 0.625. The van der Waals surface area contributed by atoms with Crippen LogP contribution in [0, 0.1) is 11.6 Å². The zero-order chi connectivity index (χ0) is 16.8. The minimum Gasteiger partial charge on any atom is -0.380 e. The van der Waals surface area contributed by atoms with E-state index in [-0.39, 0.29) is 12.2 Å². The van der Waals surface area contributed by atoms with Gasteiger partial charge in [-0.15, -0.1) is 0 Å². The summed E-state index contributed by atoms with van der Waals surface area (Å²) in [5, 5.41) is 0. The lowest BCUT2D eigenvalue weighted by atomic mass is 10.1. The normalized spacial score (nSPS) is 12.5. The summed E-state index contributed by atoms with van der Waals surface area (Å²) in [5.74, 6) is -2.69. The third kappa shape index (κ3) is 6.12. The summed E-state index contributed by atoms with van der Waals surface area (Å²) < 4.78 is 43.4. The van der Waals surface area contributed by atoms with Gasteiger partial charge in [0.2, 0.25) is 0 Å². The van der Waals surface area contributed by atoms with Crippen LogP contribution in [-0.2, 0) is 20.3 Å². The lowest BCUT2D eigenvalue weighted by Gasteiger charge is -2.36. The molecule has 0 atom stereocenters. The highest BCUT2D eigenvalue weighted by atomic mass is 28.2. The average Bonchev–Trinajstić information content (AvgIpc) is 2.41. The second-order valence-electron chi connectivity index (χ2n) is 5.82. The van der Waals surface area contributed by atoms with E-state index in [1.54, 1.807) is 6.07 Å². The number of halogens is 2. The van der Waals surface area contributed by atoms with Crippen LogP contribution in [0.4, 0.5) is 8.78 Å². The van der Waals surface area contributed by atoms with Crippen LogP contribution in [0.2, 0.25) is 0 Å². The number of aryl methyl sites for hydroxylation is 1. The Labute approximate surface area is 134 Å². The highest BCUT2D eigenvalue weighted by Gasteiger charge is 2.33. The van der Waals surface area contributed by atoms with E-state index in [0.29, 0.717) is 29.7 Å². The molecule has 0 radical (unpaired) electrons. The Kier molecular flexibility index (Phi) is 7.62. The standard InChI is InChI=1S/C16H26F2O3Si/c1-11(2)19-16(21-22,20-12(3)4)9-5-6-13-7-8-14(17)15(18)10-13/h7-8,10-12H,5-6,9H2,1-4,22H3. The summed E-state index contributed by atoms with van der Waals surface area (Å²) in [5.41, 5.74) is 0.746. The number of rotatable bonds is 9. The molecule has 0 aliphatic carbocycles. The molecule has 0 aliphatic rings. The molecule has 0 unspecified atom stereocenters. The zero-order valence-corrected chi connectivity index (χ0v) is 16.0. The van der Waals surface area contributed by atoms with E-state index in [9.17, 15) is 8.78 Å². The van der Waals surface area contributed by atoms with Crippen molar-refractivity contribution in [1.29, 1.82) is 0 Å². The van der Waals surface area contributed by atoms with Crippen molar-refractivity contribution in [1.82, 2.24) is 0 Å². The summed E-state index contributed by atoms with van der Waals surface area (Å²) >= 11 is 0. The zero-order valence-electron chi connectivity index (χ0n) is 14.0. The molecule has 0 N–H and O–H groups in total. The molecule has 0 saturated heterocycles. The van der Waals surface area contributed by atoms with Crippen molar-refractivity contribution in [2.45, 2.75) is 65.1 Å². The van der Waals surface area contributed by atoms with Gasteiger partial charge in [0.1, 0.15) is 0 Å². The maximum atomic E-state index is 13.2. The van der Waals surface area contributed by atoms with Gasteiger partial charge in [0.05, 0.1) is 12.2 Å². The van der Waals surface area contributed by atoms with E-state index < -0.39 is 17.6 Å². The van der Waals surface area contributed by atoms with E-state index in [2.05, 4.69) is 0 Å². The first kappa shape index (κ1) is 19.2. The van der Waals surface area contributed by atoms with Crippen LogP contribution in [-0.4, -0.2) is 28.7 Å². The van der Waals surface area contributed by atoms with Gasteiger partial charge in [-0.3, -0.25) is 0 Å². The third-order valence-electron chi connectivity index (χ3n) is 3.07. The highest BCUT2D eigenvalue weighted by Crippen LogP contribution is 2.26. The van der Waals surface area contributed by atoms with Gasteiger partial charge in [0.25, 0.3) is 5.97 Å². The summed E-state index contributed by atoms with van der Waals surface area (Å²) in [4.78, 5) is 0. The molecule has 1 aromatic carbocycles. The molecule has 0 bridgehead atoms. The molecule has 3 nitrogen and oxygen atoms in total. The van der Waals surface area contributed by atoms with Crippen LogP contribution in [0.3, 0.4) is 0 Å². The van der Waals surface area contributed by atoms with Crippen LogP contribution < -0.4 is 0 Å². The smallest absolute Gasteiger partial charge is 0.273 e. The van der Waals surface area contributed by atoms with Crippen molar-refractivity contribution in [3.63, 3.8) is 0 Å². The first-order chi connectivity index (χ1) is 10.3. The molecule has 6 heteroatoms. The molecular weight excluding hydrogens is 306 g/mol. The Balaban J connectivity index is 2.67. The average molecular weight is 332 g/mol. The topological polar surface area (TPSA) is 27.7 Å². The first-order valence-electron chi connectivity index (χ1n) is 7.62. The van der Waals surface area contributed by atoms with Gasteiger partial charge in [-0.25, -0.2) is 8.78 Å². The molecule has 0 fully saturated rings. The van der Waals surface area contributed by atoms with Gasteiger partial charge in [0.15, 0.2) is 22.1 Å². The van der Waals surface area contributed by atoms with Crippen molar-refractivity contribution in [3.05, 3.63) is 35.4 Å². The molecule has 1 aromatic rings. The fourth-order valence-electron chi connectivity index (χ4n) is 2.27. The molecule has 22 heavy (non-hydrogen) atoms. The number of benzene rings is 1. The van der Waals surface area contributed by atoms with E-state index in [1.165, 1.54) is 6.07 Å². The van der Waals surface area contributed by atoms with Crippen LogP contribution >= 0.6 is 0 Å². The number of hydrogen-bond acceptors (Lipinski definition) is 3. The van der Waals surface area contributed by atoms with Crippen molar-refractivity contribution in [2.24, 2.45) is 0 Å². The SMILES string of the molecule is CC(C)OC(CCCc1ccc(F)c(F)c1)(O[SiH3])OC(C)C. The fourth-order valence-corrected chi connectivity index (χ4v) is 2.66. The van der Waals surface area contributed by atoms with Crippen LogP contribution in [0.5, 0.6) is 0 Å². The Bertz CT molecular complexity index is 457. The van der Waals surface area contributed by atoms with Gasteiger partial charge >= 0.3 is 0 Å². The maximum absolute atomic E-state index is 13.2. The summed E-state index contributed by atoms with van der Waals surface area (Å²) in [6.07, 6.45) is 1.76. The van der Waals surface area contributed by atoms with E-state index >= 15 is 0 Å². The molecule has 126 valence electrons. The molecule has 0 aromatic heterocycles. The molecule has 0 heterocycles. The Morgan fingerprint density at radius 2 is 1.64 bits per heavy atom. The molecule has 0 spiro atoms. The lowest BCUT2D eigenvalue weighted by Crippen LogP contribution is -2.42. The second-order valence-corrected chi connectivity index (χ2v) is 6.23. The maximum Gasteiger partial charge on any atom is 0.273 e. The van der Waals surface area contributed by atoms with E-state index in [4.69, 9.17) is 13.9 Å². The number of ether oxygens (including phenoxy) is 2. The molecule has 0 amide bonds. The van der Waals surface area contributed by atoms with Crippen LogP contribution in [0.15, 0.2) is 18.2 Å². The summed E-state index contributed by atoms with van der Waals surface area (Å²) in [7, 11) is 0.482. The third-order valence-corrected chi connectivity index (χ3v) is 3.70. The minimum absolute atomic E-state index is 0.0315. The summed E-state index contributed by atoms with van der Waals surface area (Å²) in [6, 6.07) is 3.97. The minimum atomic E-state index is -1.05.